The molecule has 1 aromatic carbocycles. The fourth-order valence-electron chi connectivity index (χ4n) is 3.80. The quantitative estimate of drug-likeness (QED) is 0.653. The number of benzene rings is 1. The van der Waals surface area contributed by atoms with Crippen molar-refractivity contribution in [1.29, 1.82) is 0 Å². The highest BCUT2D eigenvalue weighted by atomic mass is 32.1. The van der Waals surface area contributed by atoms with Gasteiger partial charge in [-0.15, -0.1) is 16.4 Å². The van der Waals surface area contributed by atoms with Crippen LogP contribution in [-0.4, -0.2) is 78.5 Å². The van der Waals surface area contributed by atoms with E-state index in [1.807, 2.05) is 28.6 Å². The van der Waals surface area contributed by atoms with Gasteiger partial charge in [-0.3, -0.25) is 4.79 Å². The van der Waals surface area contributed by atoms with Gasteiger partial charge >= 0.3 is 0 Å². The Balaban J connectivity index is 1.24. The van der Waals surface area contributed by atoms with E-state index < -0.39 is 0 Å². The fraction of sp³-hybridized carbons (Fsp3) is 0.400. The molecular formula is C20H22N6O2S. The minimum Gasteiger partial charge on any atom is -0.378 e. The minimum atomic E-state index is 0.0850. The van der Waals surface area contributed by atoms with Crippen molar-refractivity contribution in [2.24, 2.45) is 0 Å². The monoisotopic (exact) mass is 410 g/mol. The smallest absolute Gasteiger partial charge is 0.254 e. The van der Waals surface area contributed by atoms with Crippen molar-refractivity contribution >= 4 is 39.0 Å². The van der Waals surface area contributed by atoms with Gasteiger partial charge in [-0.05, 0) is 18.2 Å². The topological polar surface area (TPSA) is 74.7 Å². The Morgan fingerprint density at radius 1 is 1.00 bits per heavy atom. The summed E-state index contributed by atoms with van der Waals surface area (Å²) in [6.07, 6.45) is 1.80. The lowest BCUT2D eigenvalue weighted by Crippen LogP contribution is -2.49. The van der Waals surface area contributed by atoms with Crippen molar-refractivity contribution in [2.75, 3.05) is 62.3 Å². The van der Waals surface area contributed by atoms with Gasteiger partial charge in [-0.1, -0.05) is 0 Å². The zero-order chi connectivity index (χ0) is 19.6. The Morgan fingerprint density at radius 3 is 2.66 bits per heavy atom. The number of nitrogens with zero attached hydrogens (tertiary/aromatic N) is 6. The van der Waals surface area contributed by atoms with Crippen LogP contribution in [0.3, 0.4) is 0 Å². The van der Waals surface area contributed by atoms with Crippen LogP contribution in [0.5, 0.6) is 0 Å². The second-order valence-corrected chi connectivity index (χ2v) is 8.07. The average molecular weight is 411 g/mol. The van der Waals surface area contributed by atoms with Gasteiger partial charge in [-0.25, -0.2) is 4.98 Å². The Bertz CT molecular complexity index is 1010. The fourth-order valence-corrected chi connectivity index (χ4v) is 4.52. The maximum absolute atomic E-state index is 12.9. The van der Waals surface area contributed by atoms with Crippen LogP contribution in [0.25, 0.3) is 10.2 Å². The average Bonchev–Trinajstić information content (AvgIpc) is 3.27. The number of fused-ring (bicyclic) bond motifs is 1. The first-order chi connectivity index (χ1) is 14.3. The normalized spacial score (nSPS) is 17.7. The van der Waals surface area contributed by atoms with Crippen molar-refractivity contribution in [3.63, 3.8) is 0 Å². The summed E-state index contributed by atoms with van der Waals surface area (Å²) < 4.78 is 6.47. The summed E-state index contributed by atoms with van der Waals surface area (Å²) in [6.45, 7) is 6.06. The summed E-state index contributed by atoms with van der Waals surface area (Å²) in [5.74, 6) is 0.976. The van der Waals surface area contributed by atoms with Crippen LogP contribution in [0.1, 0.15) is 10.4 Å². The van der Waals surface area contributed by atoms with E-state index >= 15 is 0 Å². The van der Waals surface area contributed by atoms with Gasteiger partial charge in [0.15, 0.2) is 5.82 Å². The molecule has 3 aromatic rings. The van der Waals surface area contributed by atoms with Gasteiger partial charge in [0.25, 0.3) is 5.91 Å². The predicted octanol–water partition coefficient (Wildman–Crippen LogP) is 1.89. The van der Waals surface area contributed by atoms with Crippen LogP contribution in [0.2, 0.25) is 0 Å². The number of thiazole rings is 1. The molecule has 9 heteroatoms. The van der Waals surface area contributed by atoms with Gasteiger partial charge < -0.3 is 19.4 Å². The Morgan fingerprint density at radius 2 is 1.83 bits per heavy atom. The summed E-state index contributed by atoms with van der Waals surface area (Å²) in [7, 11) is 0. The number of ether oxygens (including phenoxy) is 1. The molecule has 2 fully saturated rings. The van der Waals surface area contributed by atoms with Crippen molar-refractivity contribution in [3.05, 3.63) is 41.5 Å². The molecule has 2 aliphatic rings. The van der Waals surface area contributed by atoms with Gasteiger partial charge in [0.2, 0.25) is 0 Å². The van der Waals surface area contributed by atoms with Crippen molar-refractivity contribution in [1.82, 2.24) is 20.1 Å². The molecule has 0 radical (unpaired) electrons. The molecule has 0 atom stereocenters. The number of hydrogen-bond donors (Lipinski definition) is 0. The molecule has 8 nitrogen and oxygen atoms in total. The largest absolute Gasteiger partial charge is 0.378 e. The van der Waals surface area contributed by atoms with Crippen molar-refractivity contribution in [2.45, 2.75) is 0 Å². The van der Waals surface area contributed by atoms with Crippen LogP contribution in [0.4, 0.5) is 11.5 Å². The predicted molar refractivity (Wildman–Crippen MR) is 113 cm³/mol. The van der Waals surface area contributed by atoms with Gasteiger partial charge in [0.1, 0.15) is 0 Å². The zero-order valence-electron chi connectivity index (χ0n) is 16.0. The third kappa shape index (κ3) is 3.75. The third-order valence-electron chi connectivity index (χ3n) is 5.47. The molecule has 2 aromatic heterocycles. The van der Waals surface area contributed by atoms with Crippen LogP contribution in [-0.2, 0) is 4.74 Å². The number of amides is 1. The lowest BCUT2D eigenvalue weighted by molar-refractivity contribution is 0.0747. The molecule has 2 saturated heterocycles. The van der Waals surface area contributed by atoms with E-state index in [1.165, 1.54) is 0 Å². The molecule has 5 rings (SSSR count). The number of morpholine rings is 1. The standard InChI is InChI=1S/C20H22N6O2S/c27-20(15-1-2-17-18(11-15)29-14-21-17)26-5-3-24(4-6-26)16-12-19(23-22-13-16)25-7-9-28-10-8-25/h1-2,11-14H,3-10H2. The molecule has 4 heterocycles. The van der Waals surface area contributed by atoms with E-state index in [-0.39, 0.29) is 5.91 Å². The third-order valence-corrected chi connectivity index (χ3v) is 6.26. The second-order valence-electron chi connectivity index (χ2n) is 7.19. The maximum Gasteiger partial charge on any atom is 0.254 e. The summed E-state index contributed by atoms with van der Waals surface area (Å²) in [5.41, 5.74) is 4.54. The molecule has 1 amide bonds. The minimum absolute atomic E-state index is 0.0850. The van der Waals surface area contributed by atoms with Gasteiger partial charge in [0, 0.05) is 50.9 Å². The summed E-state index contributed by atoms with van der Waals surface area (Å²) >= 11 is 1.56. The number of hydrogen-bond acceptors (Lipinski definition) is 8. The number of carbonyl (C=O) groups excluding carboxylic acids is 1. The maximum atomic E-state index is 12.9. The van der Waals surface area contributed by atoms with E-state index in [2.05, 4.69) is 31.0 Å². The first-order valence-corrected chi connectivity index (χ1v) is 10.7. The molecular weight excluding hydrogens is 388 g/mol. The molecule has 0 spiro atoms. The number of aromatic nitrogens is 3. The van der Waals surface area contributed by atoms with Crippen LogP contribution >= 0.6 is 11.3 Å². The molecule has 150 valence electrons. The first kappa shape index (κ1) is 18.3. The number of anilines is 2. The molecule has 0 unspecified atom stereocenters. The molecule has 29 heavy (non-hydrogen) atoms. The van der Waals surface area contributed by atoms with Crippen molar-refractivity contribution < 1.29 is 9.53 Å². The lowest BCUT2D eigenvalue weighted by atomic mass is 10.1. The molecule has 0 bridgehead atoms. The number of rotatable bonds is 3. The van der Waals surface area contributed by atoms with E-state index in [0.717, 1.165) is 66.7 Å². The lowest BCUT2D eigenvalue weighted by Gasteiger charge is -2.36. The van der Waals surface area contributed by atoms with E-state index in [0.29, 0.717) is 13.1 Å². The Hall–Kier alpha value is -2.78. The summed E-state index contributed by atoms with van der Waals surface area (Å²) in [4.78, 5) is 23.6. The molecule has 0 N–H and O–H groups in total. The molecule has 0 aliphatic carbocycles. The molecule has 0 saturated carbocycles. The first-order valence-electron chi connectivity index (χ1n) is 9.81. The van der Waals surface area contributed by atoms with E-state index in [1.54, 1.807) is 17.5 Å². The van der Waals surface area contributed by atoms with Gasteiger partial charge in [-0.2, -0.15) is 5.10 Å². The second kappa shape index (κ2) is 7.92. The van der Waals surface area contributed by atoms with Crippen molar-refractivity contribution in [3.8, 4) is 0 Å². The summed E-state index contributed by atoms with van der Waals surface area (Å²) in [6, 6.07) is 7.83. The zero-order valence-corrected chi connectivity index (χ0v) is 16.8. The Kier molecular flexibility index (Phi) is 4.99. The molecule has 2 aliphatic heterocycles. The van der Waals surface area contributed by atoms with E-state index in [9.17, 15) is 4.79 Å². The van der Waals surface area contributed by atoms with Crippen LogP contribution < -0.4 is 9.80 Å². The van der Waals surface area contributed by atoms with Crippen LogP contribution in [0.15, 0.2) is 36.0 Å². The van der Waals surface area contributed by atoms with Gasteiger partial charge in [0.05, 0.1) is 40.8 Å². The number of piperazine rings is 1. The highest BCUT2D eigenvalue weighted by Crippen LogP contribution is 2.23. The number of carbonyl (C=O) groups is 1. The highest BCUT2D eigenvalue weighted by molar-refractivity contribution is 7.16. The van der Waals surface area contributed by atoms with E-state index in [4.69, 9.17) is 4.74 Å². The Labute approximate surface area is 172 Å². The highest BCUT2D eigenvalue weighted by Gasteiger charge is 2.23. The van der Waals surface area contributed by atoms with Crippen LogP contribution in [0, 0.1) is 0 Å². The SMILES string of the molecule is O=C(c1ccc2ncsc2c1)N1CCN(c2cnnc(N3CCOCC3)c2)CC1. The summed E-state index contributed by atoms with van der Waals surface area (Å²) in [5, 5.41) is 8.49.